The summed E-state index contributed by atoms with van der Waals surface area (Å²) in [5.74, 6) is -0.527. The Morgan fingerprint density at radius 1 is 0.829 bits per heavy atom. The molecule has 1 aliphatic heterocycles. The molecule has 212 valence electrons. The number of hydrogen-bond acceptors (Lipinski definition) is 6. The molecule has 0 unspecified atom stereocenters. The van der Waals surface area contributed by atoms with Crippen LogP contribution in [-0.2, 0) is 30.6 Å². The normalized spacial score (nSPS) is 15.0. The van der Waals surface area contributed by atoms with E-state index in [1.54, 1.807) is 60.7 Å². The molecule has 0 saturated heterocycles. The van der Waals surface area contributed by atoms with Gasteiger partial charge < -0.3 is 10.1 Å². The molecule has 0 aromatic heterocycles. The van der Waals surface area contributed by atoms with Crippen molar-refractivity contribution in [3.63, 3.8) is 0 Å². The van der Waals surface area contributed by atoms with Gasteiger partial charge in [0.1, 0.15) is 5.75 Å². The number of nitrogens with zero attached hydrogens (tertiary/aromatic N) is 1. The van der Waals surface area contributed by atoms with E-state index in [2.05, 4.69) is 10.0 Å². The minimum atomic E-state index is -3.85. The fourth-order valence-electron chi connectivity index (χ4n) is 4.42. The minimum Gasteiger partial charge on any atom is -0.476 e. The number of hydrogen-bond donors (Lipinski definition) is 2. The van der Waals surface area contributed by atoms with Crippen LogP contribution in [-0.4, -0.2) is 35.4 Å². The molecule has 0 aliphatic carbocycles. The SMILES string of the molecule is Cc1ccc(NS(=O)(=O)c2ccc(NC(=O)[C@H]3CN(S(=O)(=O)Cc4ccccc4)c4ccccc4O3)cc2)cc1C. The van der Waals surface area contributed by atoms with Crippen LogP contribution in [0.3, 0.4) is 0 Å². The van der Waals surface area contributed by atoms with Gasteiger partial charge in [0, 0.05) is 11.4 Å². The van der Waals surface area contributed by atoms with Gasteiger partial charge in [-0.1, -0.05) is 48.5 Å². The average Bonchev–Trinajstić information content (AvgIpc) is 2.95. The zero-order chi connectivity index (χ0) is 29.2. The van der Waals surface area contributed by atoms with E-state index >= 15 is 0 Å². The van der Waals surface area contributed by atoms with Crippen LogP contribution in [0.4, 0.5) is 17.1 Å². The number of rotatable bonds is 8. The van der Waals surface area contributed by atoms with Crippen molar-refractivity contribution in [3.05, 3.63) is 114 Å². The highest BCUT2D eigenvalue weighted by molar-refractivity contribution is 7.92. The molecular formula is C30H29N3O6S2. The van der Waals surface area contributed by atoms with E-state index in [4.69, 9.17) is 4.74 Å². The Balaban J connectivity index is 1.31. The molecule has 9 nitrogen and oxygen atoms in total. The highest BCUT2D eigenvalue weighted by Gasteiger charge is 2.36. The molecule has 1 atom stereocenters. The third kappa shape index (κ3) is 6.36. The summed E-state index contributed by atoms with van der Waals surface area (Å²) in [6.45, 7) is 3.63. The summed E-state index contributed by atoms with van der Waals surface area (Å²) in [5, 5.41) is 2.71. The lowest BCUT2D eigenvalue weighted by molar-refractivity contribution is -0.122. The van der Waals surface area contributed by atoms with Crippen molar-refractivity contribution in [2.75, 3.05) is 20.9 Å². The summed E-state index contributed by atoms with van der Waals surface area (Å²) in [6, 6.07) is 26.5. The topological polar surface area (TPSA) is 122 Å². The van der Waals surface area contributed by atoms with Gasteiger partial charge >= 0.3 is 0 Å². The predicted molar refractivity (Wildman–Crippen MR) is 159 cm³/mol. The molecule has 1 amide bonds. The molecule has 5 rings (SSSR count). The number of carbonyl (C=O) groups excluding carboxylic acids is 1. The van der Waals surface area contributed by atoms with Crippen molar-refractivity contribution in [2.24, 2.45) is 0 Å². The van der Waals surface area contributed by atoms with E-state index in [0.717, 1.165) is 11.1 Å². The predicted octanol–water partition coefficient (Wildman–Crippen LogP) is 4.84. The highest BCUT2D eigenvalue weighted by atomic mass is 32.2. The van der Waals surface area contributed by atoms with Crippen molar-refractivity contribution < 1.29 is 26.4 Å². The van der Waals surface area contributed by atoms with Crippen LogP contribution in [0.25, 0.3) is 0 Å². The fourth-order valence-corrected chi connectivity index (χ4v) is 7.06. The Hall–Kier alpha value is -4.35. The second-order valence-corrected chi connectivity index (χ2v) is 13.3. The van der Waals surface area contributed by atoms with Crippen LogP contribution in [0, 0.1) is 13.8 Å². The lowest BCUT2D eigenvalue weighted by Crippen LogP contribution is -2.49. The molecule has 41 heavy (non-hydrogen) atoms. The molecule has 0 spiro atoms. The van der Waals surface area contributed by atoms with Gasteiger partial charge in [0.25, 0.3) is 15.9 Å². The highest BCUT2D eigenvalue weighted by Crippen LogP contribution is 2.36. The molecule has 11 heteroatoms. The molecule has 0 fully saturated rings. The molecule has 4 aromatic rings. The molecule has 4 aromatic carbocycles. The van der Waals surface area contributed by atoms with E-state index in [1.807, 2.05) is 26.0 Å². The zero-order valence-electron chi connectivity index (χ0n) is 22.4. The first-order chi connectivity index (χ1) is 19.5. The number of nitrogens with one attached hydrogen (secondary N) is 2. The number of anilines is 3. The van der Waals surface area contributed by atoms with E-state index in [9.17, 15) is 21.6 Å². The van der Waals surface area contributed by atoms with E-state index in [0.29, 0.717) is 22.6 Å². The molecular weight excluding hydrogens is 562 g/mol. The first-order valence-corrected chi connectivity index (χ1v) is 15.9. The Morgan fingerprint density at radius 3 is 2.20 bits per heavy atom. The smallest absolute Gasteiger partial charge is 0.267 e. The zero-order valence-corrected chi connectivity index (χ0v) is 24.1. The Morgan fingerprint density at radius 2 is 1.49 bits per heavy atom. The summed E-state index contributed by atoms with van der Waals surface area (Å²) in [6.07, 6.45) is -1.13. The maximum Gasteiger partial charge on any atom is 0.267 e. The number of sulfonamides is 2. The molecule has 0 bridgehead atoms. The van der Waals surface area contributed by atoms with Crippen molar-refractivity contribution in [1.29, 1.82) is 0 Å². The van der Waals surface area contributed by atoms with Crippen molar-refractivity contribution >= 4 is 43.0 Å². The number of benzene rings is 4. The lowest BCUT2D eigenvalue weighted by atomic mass is 10.1. The maximum atomic E-state index is 13.4. The van der Waals surface area contributed by atoms with Crippen molar-refractivity contribution in [2.45, 2.75) is 30.6 Å². The number of ether oxygens (including phenoxy) is 1. The first kappa shape index (κ1) is 28.2. The van der Waals surface area contributed by atoms with E-state index in [1.165, 1.54) is 28.6 Å². The van der Waals surface area contributed by atoms with Gasteiger partial charge in [-0.2, -0.15) is 0 Å². The summed E-state index contributed by atoms with van der Waals surface area (Å²) < 4.78 is 62.2. The van der Waals surface area contributed by atoms with Crippen LogP contribution in [0.5, 0.6) is 5.75 Å². The summed E-state index contributed by atoms with van der Waals surface area (Å²) in [7, 11) is -7.69. The number of carbonyl (C=O) groups is 1. The van der Waals surface area contributed by atoms with E-state index in [-0.39, 0.29) is 22.9 Å². The van der Waals surface area contributed by atoms with Gasteiger partial charge in [0.2, 0.25) is 10.0 Å². The van der Waals surface area contributed by atoms with E-state index < -0.39 is 32.1 Å². The number of fused-ring (bicyclic) bond motifs is 1. The molecule has 0 radical (unpaired) electrons. The lowest BCUT2D eigenvalue weighted by Gasteiger charge is -2.34. The summed E-state index contributed by atoms with van der Waals surface area (Å²) >= 11 is 0. The fraction of sp³-hybridized carbons (Fsp3) is 0.167. The Kier molecular flexibility index (Phi) is 7.74. The van der Waals surface area contributed by atoms with Crippen molar-refractivity contribution in [3.8, 4) is 5.75 Å². The molecule has 2 N–H and O–H groups in total. The summed E-state index contributed by atoms with van der Waals surface area (Å²) in [4.78, 5) is 13.2. The minimum absolute atomic E-state index is 0.0229. The number of aryl methyl sites for hydroxylation is 2. The third-order valence-electron chi connectivity index (χ3n) is 6.75. The molecule has 1 aliphatic rings. The van der Waals surface area contributed by atoms with Crippen LogP contribution in [0.1, 0.15) is 16.7 Å². The van der Waals surface area contributed by atoms with Gasteiger partial charge in [0.05, 0.1) is 22.9 Å². The largest absolute Gasteiger partial charge is 0.476 e. The average molecular weight is 592 g/mol. The Labute approximate surface area is 239 Å². The van der Waals surface area contributed by atoms with Gasteiger partial charge in [-0.25, -0.2) is 16.8 Å². The maximum absolute atomic E-state index is 13.4. The van der Waals surface area contributed by atoms with Crippen LogP contribution in [0.2, 0.25) is 0 Å². The van der Waals surface area contributed by atoms with Crippen LogP contribution < -0.4 is 19.1 Å². The second-order valence-electron chi connectivity index (χ2n) is 9.77. The van der Waals surface area contributed by atoms with Crippen LogP contribution >= 0.6 is 0 Å². The van der Waals surface area contributed by atoms with Gasteiger partial charge in [0.15, 0.2) is 6.10 Å². The number of para-hydroxylation sites is 2. The standard InChI is InChI=1S/C30H29N3O6S2/c1-21-12-13-25(18-22(21)2)32-41(37,38)26-16-14-24(15-17-26)31-30(34)29-19-33(27-10-6-7-11-28(27)39-29)40(35,36)20-23-8-4-3-5-9-23/h3-18,29,32H,19-20H2,1-2H3,(H,31,34)/t29-/m1/s1. The van der Waals surface area contributed by atoms with Gasteiger partial charge in [-0.15, -0.1) is 0 Å². The first-order valence-electron chi connectivity index (χ1n) is 12.8. The van der Waals surface area contributed by atoms with Gasteiger partial charge in [-0.3, -0.25) is 13.8 Å². The molecule has 0 saturated carbocycles. The Bertz CT molecular complexity index is 1790. The van der Waals surface area contributed by atoms with Gasteiger partial charge in [-0.05, 0) is 79.1 Å². The molecule has 1 heterocycles. The second kappa shape index (κ2) is 11.3. The quantitative estimate of drug-likeness (QED) is 0.302. The number of amides is 1. The van der Waals surface area contributed by atoms with Crippen LogP contribution in [0.15, 0.2) is 102 Å². The summed E-state index contributed by atoms with van der Waals surface area (Å²) in [5.41, 5.74) is 3.78. The third-order valence-corrected chi connectivity index (χ3v) is 9.86. The van der Waals surface area contributed by atoms with Crippen molar-refractivity contribution in [1.82, 2.24) is 0 Å². The monoisotopic (exact) mass is 591 g/mol.